The largest absolute Gasteiger partial charge is 0.489 e. The van der Waals surface area contributed by atoms with Gasteiger partial charge >= 0.3 is 0 Å². The molecule has 0 aliphatic rings. The molecule has 0 heterocycles. The Balaban J connectivity index is 2.06. The van der Waals surface area contributed by atoms with E-state index in [1.807, 2.05) is 24.3 Å². The molecule has 0 aromatic heterocycles. The van der Waals surface area contributed by atoms with Crippen LogP contribution in [0, 0.1) is 5.82 Å². The Morgan fingerprint density at radius 1 is 1.26 bits per heavy atom. The molecule has 0 unspecified atom stereocenters. The van der Waals surface area contributed by atoms with Crippen LogP contribution in [-0.2, 0) is 6.61 Å². The fourth-order valence-corrected chi connectivity index (χ4v) is 2.18. The molecule has 0 fully saturated rings. The lowest BCUT2D eigenvalue weighted by atomic mass is 10.1. The monoisotopic (exact) mass is 324 g/mol. The summed E-state index contributed by atoms with van der Waals surface area (Å²) in [4.78, 5) is 0. The van der Waals surface area contributed by atoms with Gasteiger partial charge in [0.25, 0.3) is 0 Å². The summed E-state index contributed by atoms with van der Waals surface area (Å²) in [5.41, 5.74) is 1.27. The van der Waals surface area contributed by atoms with E-state index in [4.69, 9.17) is 4.74 Å². The lowest BCUT2D eigenvalue weighted by molar-refractivity contribution is 0.194. The number of halogens is 2. The van der Waals surface area contributed by atoms with E-state index in [0.29, 0.717) is 12.4 Å². The highest BCUT2D eigenvalue weighted by Gasteiger charge is 2.09. The number of benzene rings is 2. The van der Waals surface area contributed by atoms with Gasteiger partial charge in [0.2, 0.25) is 0 Å². The van der Waals surface area contributed by atoms with Gasteiger partial charge in [-0.3, -0.25) is 0 Å². The van der Waals surface area contributed by atoms with Crippen molar-refractivity contribution in [2.45, 2.75) is 19.6 Å². The SMILES string of the molecule is C[C@@H](O)c1ccc(OCc2cccc(Br)c2)cc1F. The van der Waals surface area contributed by atoms with Crippen LogP contribution in [0.5, 0.6) is 5.75 Å². The molecule has 1 atom stereocenters. The fourth-order valence-electron chi connectivity index (χ4n) is 1.73. The molecular formula is C15H14BrFO2. The highest BCUT2D eigenvalue weighted by atomic mass is 79.9. The van der Waals surface area contributed by atoms with Crippen molar-refractivity contribution < 1.29 is 14.2 Å². The number of rotatable bonds is 4. The van der Waals surface area contributed by atoms with Crippen molar-refractivity contribution in [2.24, 2.45) is 0 Å². The molecule has 0 bridgehead atoms. The Bertz CT molecular complexity index is 570. The van der Waals surface area contributed by atoms with Gasteiger partial charge in [-0.15, -0.1) is 0 Å². The molecule has 1 N–H and O–H groups in total. The smallest absolute Gasteiger partial charge is 0.132 e. The number of ether oxygens (including phenoxy) is 1. The van der Waals surface area contributed by atoms with Gasteiger partial charge in [0, 0.05) is 16.1 Å². The fraction of sp³-hybridized carbons (Fsp3) is 0.200. The maximum Gasteiger partial charge on any atom is 0.132 e. The van der Waals surface area contributed by atoms with Crippen LogP contribution in [-0.4, -0.2) is 5.11 Å². The van der Waals surface area contributed by atoms with Gasteiger partial charge in [0.05, 0.1) is 6.10 Å². The molecule has 2 aromatic carbocycles. The minimum Gasteiger partial charge on any atom is -0.489 e. The van der Waals surface area contributed by atoms with Gasteiger partial charge in [-0.25, -0.2) is 4.39 Å². The van der Waals surface area contributed by atoms with Crippen molar-refractivity contribution in [3.63, 3.8) is 0 Å². The van der Waals surface area contributed by atoms with Gasteiger partial charge in [0.15, 0.2) is 0 Å². The summed E-state index contributed by atoms with van der Waals surface area (Å²) in [6, 6.07) is 12.2. The Hall–Kier alpha value is -1.39. The van der Waals surface area contributed by atoms with Gasteiger partial charge in [-0.2, -0.15) is 0 Å². The molecule has 0 saturated carbocycles. The van der Waals surface area contributed by atoms with E-state index < -0.39 is 11.9 Å². The molecule has 0 aliphatic carbocycles. The van der Waals surface area contributed by atoms with Crippen LogP contribution in [0.15, 0.2) is 46.9 Å². The highest BCUT2D eigenvalue weighted by molar-refractivity contribution is 9.10. The van der Waals surface area contributed by atoms with Crippen LogP contribution in [0.1, 0.15) is 24.2 Å². The van der Waals surface area contributed by atoms with Crippen LogP contribution in [0.4, 0.5) is 4.39 Å². The second kappa shape index (κ2) is 6.17. The minimum atomic E-state index is -0.820. The zero-order chi connectivity index (χ0) is 13.8. The Morgan fingerprint density at radius 3 is 2.68 bits per heavy atom. The van der Waals surface area contributed by atoms with Gasteiger partial charge in [-0.05, 0) is 36.8 Å². The number of aliphatic hydroxyl groups is 1. The lowest BCUT2D eigenvalue weighted by Crippen LogP contribution is -1.99. The third-order valence-electron chi connectivity index (χ3n) is 2.72. The first-order chi connectivity index (χ1) is 9.06. The number of hydrogen-bond donors (Lipinski definition) is 1. The van der Waals surface area contributed by atoms with E-state index in [-0.39, 0.29) is 5.56 Å². The average molecular weight is 325 g/mol. The average Bonchev–Trinajstić information content (AvgIpc) is 2.36. The second-order valence-corrected chi connectivity index (χ2v) is 5.19. The van der Waals surface area contributed by atoms with Crippen LogP contribution in [0.25, 0.3) is 0 Å². The topological polar surface area (TPSA) is 29.5 Å². The molecule has 19 heavy (non-hydrogen) atoms. The lowest BCUT2D eigenvalue weighted by Gasteiger charge is -2.10. The zero-order valence-electron chi connectivity index (χ0n) is 10.4. The summed E-state index contributed by atoms with van der Waals surface area (Å²) in [6.07, 6.45) is -0.820. The molecule has 2 aromatic rings. The van der Waals surface area contributed by atoms with Gasteiger partial charge in [0.1, 0.15) is 18.2 Å². The van der Waals surface area contributed by atoms with Crippen LogP contribution < -0.4 is 4.74 Å². The van der Waals surface area contributed by atoms with E-state index in [1.165, 1.54) is 19.1 Å². The van der Waals surface area contributed by atoms with Gasteiger partial charge < -0.3 is 9.84 Å². The summed E-state index contributed by atoms with van der Waals surface area (Å²) >= 11 is 3.38. The third kappa shape index (κ3) is 3.78. The molecule has 2 rings (SSSR count). The summed E-state index contributed by atoms with van der Waals surface area (Å²) in [5, 5.41) is 9.35. The molecular weight excluding hydrogens is 311 g/mol. The first kappa shape index (κ1) is 14.0. The van der Waals surface area contributed by atoms with Gasteiger partial charge in [-0.1, -0.05) is 28.1 Å². The molecule has 0 aliphatic heterocycles. The van der Waals surface area contributed by atoms with E-state index in [0.717, 1.165) is 10.0 Å². The molecule has 0 saturated heterocycles. The normalized spacial score (nSPS) is 12.2. The van der Waals surface area contributed by atoms with Crippen LogP contribution in [0.2, 0.25) is 0 Å². The van der Waals surface area contributed by atoms with E-state index in [2.05, 4.69) is 15.9 Å². The quantitative estimate of drug-likeness (QED) is 0.912. The molecule has 0 radical (unpaired) electrons. The Morgan fingerprint density at radius 2 is 2.05 bits per heavy atom. The summed E-state index contributed by atoms with van der Waals surface area (Å²) in [5.74, 6) is -0.0105. The first-order valence-corrected chi connectivity index (χ1v) is 6.70. The summed E-state index contributed by atoms with van der Waals surface area (Å²) < 4.78 is 20.1. The van der Waals surface area contributed by atoms with E-state index >= 15 is 0 Å². The minimum absolute atomic E-state index is 0.273. The van der Waals surface area contributed by atoms with Crippen molar-refractivity contribution in [3.05, 3.63) is 63.9 Å². The van der Waals surface area contributed by atoms with Crippen molar-refractivity contribution in [3.8, 4) is 5.75 Å². The predicted molar refractivity (Wildman–Crippen MR) is 75.5 cm³/mol. The standard InChI is InChI=1S/C15H14BrFO2/c1-10(18)14-6-5-13(8-15(14)17)19-9-11-3-2-4-12(16)7-11/h2-8,10,18H,9H2,1H3/t10-/m1/s1. The molecule has 2 nitrogen and oxygen atoms in total. The second-order valence-electron chi connectivity index (χ2n) is 4.28. The first-order valence-electron chi connectivity index (χ1n) is 5.91. The van der Waals surface area contributed by atoms with Crippen LogP contribution >= 0.6 is 15.9 Å². The molecule has 0 spiro atoms. The molecule has 4 heteroatoms. The highest BCUT2D eigenvalue weighted by Crippen LogP contribution is 2.22. The van der Waals surface area contributed by atoms with E-state index in [1.54, 1.807) is 6.07 Å². The third-order valence-corrected chi connectivity index (χ3v) is 3.21. The number of aliphatic hydroxyl groups excluding tert-OH is 1. The Labute approximate surface area is 120 Å². The van der Waals surface area contributed by atoms with Crippen molar-refractivity contribution in [1.82, 2.24) is 0 Å². The maximum absolute atomic E-state index is 13.6. The van der Waals surface area contributed by atoms with Crippen molar-refractivity contribution in [2.75, 3.05) is 0 Å². The number of hydrogen-bond acceptors (Lipinski definition) is 2. The summed E-state index contributed by atoms with van der Waals surface area (Å²) in [7, 11) is 0. The Kier molecular flexibility index (Phi) is 4.56. The molecule has 100 valence electrons. The van der Waals surface area contributed by atoms with Crippen molar-refractivity contribution in [1.29, 1.82) is 0 Å². The summed E-state index contributed by atoms with van der Waals surface area (Å²) in [6.45, 7) is 1.90. The zero-order valence-corrected chi connectivity index (χ0v) is 12.0. The predicted octanol–water partition coefficient (Wildman–Crippen LogP) is 4.22. The molecule has 0 amide bonds. The van der Waals surface area contributed by atoms with Crippen molar-refractivity contribution >= 4 is 15.9 Å². The maximum atomic E-state index is 13.6. The van der Waals surface area contributed by atoms with Crippen LogP contribution in [0.3, 0.4) is 0 Å². The van der Waals surface area contributed by atoms with E-state index in [9.17, 15) is 9.50 Å².